The molecular formula is C27H52P2. The van der Waals surface area contributed by atoms with Crippen LogP contribution in [0.25, 0.3) is 0 Å². The topological polar surface area (TPSA) is 0 Å². The highest BCUT2D eigenvalue weighted by Crippen LogP contribution is 2.62. The van der Waals surface area contributed by atoms with Crippen LogP contribution in [0.2, 0.25) is 0 Å². The highest BCUT2D eigenvalue weighted by molar-refractivity contribution is 7.74. The van der Waals surface area contributed by atoms with E-state index in [0.717, 1.165) is 23.2 Å². The summed E-state index contributed by atoms with van der Waals surface area (Å²) in [6, 6.07) is 0. The molecule has 4 rings (SSSR count). The molecule has 4 saturated heterocycles. The van der Waals surface area contributed by atoms with Gasteiger partial charge in [-0.2, -0.15) is 0 Å². The molecule has 6 unspecified atom stereocenters. The molecule has 0 spiro atoms. The van der Waals surface area contributed by atoms with Gasteiger partial charge < -0.3 is 0 Å². The van der Waals surface area contributed by atoms with Gasteiger partial charge in [-0.15, -0.1) is 21.1 Å². The summed E-state index contributed by atoms with van der Waals surface area (Å²) in [5, 5.41) is 0. The molecule has 170 valence electrons. The van der Waals surface area contributed by atoms with Crippen molar-refractivity contribution in [2.45, 2.75) is 117 Å². The second-order valence-corrected chi connectivity index (χ2v) is 20.0. The van der Waals surface area contributed by atoms with Crippen LogP contribution in [0.4, 0.5) is 0 Å². The maximum absolute atomic E-state index is 4.68. The third-order valence-electron chi connectivity index (χ3n) is 9.16. The van der Waals surface area contributed by atoms with Gasteiger partial charge >= 0.3 is 0 Å². The third kappa shape index (κ3) is 6.38. The van der Waals surface area contributed by atoms with E-state index in [1.54, 1.807) is 31.6 Å². The van der Waals surface area contributed by atoms with Gasteiger partial charge in [0.15, 0.2) is 0 Å². The van der Waals surface area contributed by atoms with Crippen molar-refractivity contribution in [3.63, 3.8) is 0 Å². The normalized spacial score (nSPS) is 40.8. The van der Waals surface area contributed by atoms with E-state index < -0.39 is 6.89 Å². The first-order chi connectivity index (χ1) is 13.5. The molecule has 4 heterocycles. The van der Waals surface area contributed by atoms with Gasteiger partial charge in [-0.05, 0) is 110 Å². The van der Waals surface area contributed by atoms with Crippen molar-refractivity contribution >= 4 is 21.1 Å². The molecule has 0 amide bonds. The highest BCUT2D eigenvalue weighted by atomic mass is 31.2. The van der Waals surface area contributed by atoms with Crippen LogP contribution >= 0.6 is 14.8 Å². The van der Waals surface area contributed by atoms with Crippen molar-refractivity contribution in [2.24, 2.45) is 22.7 Å². The lowest BCUT2D eigenvalue weighted by atomic mass is 9.76. The number of hydrogen-bond donors (Lipinski definition) is 0. The molecule has 0 nitrogen and oxygen atoms in total. The molecule has 6 atom stereocenters. The summed E-state index contributed by atoms with van der Waals surface area (Å²) in [5.74, 6) is 1.99. The van der Waals surface area contributed by atoms with E-state index in [-0.39, 0.29) is 0 Å². The molecule has 0 aromatic heterocycles. The Morgan fingerprint density at radius 2 is 1.34 bits per heavy atom. The van der Waals surface area contributed by atoms with Gasteiger partial charge in [0.25, 0.3) is 0 Å². The Morgan fingerprint density at radius 3 is 2.03 bits per heavy atom. The summed E-state index contributed by atoms with van der Waals surface area (Å²) in [6.07, 6.45) is 26.1. The van der Waals surface area contributed by atoms with Crippen LogP contribution in [0, 0.1) is 22.7 Å². The van der Waals surface area contributed by atoms with Gasteiger partial charge in [0.1, 0.15) is 0 Å². The largest absolute Gasteiger partial charge is 0.109 e. The van der Waals surface area contributed by atoms with E-state index in [2.05, 4.69) is 47.8 Å². The Labute approximate surface area is 185 Å². The van der Waals surface area contributed by atoms with Crippen LogP contribution in [0.15, 0.2) is 0 Å². The molecule has 0 aromatic rings. The first-order valence-electron chi connectivity index (χ1n) is 12.9. The first-order valence-corrected chi connectivity index (χ1v) is 17.1. The summed E-state index contributed by atoms with van der Waals surface area (Å²) >= 11 is 0. The standard InChI is InChI=1S/C14H27P.C13H25P/c1-14(2,3)12-8-10-15(4)9-6-5-7-13(15)11-12;1-13(2,3)11-7-9-14-8-5-4-6-12(14)10-11/h12-13H,4-11H2,1-3H3;11-12H,4-10H2,1-3H3. The molecule has 0 N–H and O–H groups in total. The maximum Gasteiger partial charge on any atom is -0.0206 e. The predicted octanol–water partition coefficient (Wildman–Crippen LogP) is 8.92. The SMILES string of the molecule is C=P12CCCCC1CC(C(C)(C)C)CC2.CC(C)(C)C1CCP2CCCCC2C1. The molecule has 2 heteroatoms. The molecule has 0 aromatic carbocycles. The van der Waals surface area contributed by atoms with Gasteiger partial charge in [0.2, 0.25) is 0 Å². The van der Waals surface area contributed by atoms with E-state index in [1.165, 1.54) is 57.3 Å². The fourth-order valence-electron chi connectivity index (χ4n) is 6.72. The number of hydrogen-bond acceptors (Lipinski definition) is 0. The third-order valence-corrected chi connectivity index (χ3v) is 16.8. The van der Waals surface area contributed by atoms with E-state index in [4.69, 9.17) is 0 Å². The lowest BCUT2D eigenvalue weighted by molar-refractivity contribution is 0.208. The fraction of sp³-hybridized carbons (Fsp3) is 0.963. The predicted molar refractivity (Wildman–Crippen MR) is 140 cm³/mol. The van der Waals surface area contributed by atoms with E-state index in [0.29, 0.717) is 18.8 Å². The summed E-state index contributed by atoms with van der Waals surface area (Å²) in [6.45, 7) is 13.9. The molecule has 0 radical (unpaired) electrons. The van der Waals surface area contributed by atoms with Crippen molar-refractivity contribution in [3.8, 4) is 0 Å². The zero-order valence-electron chi connectivity index (χ0n) is 20.8. The van der Waals surface area contributed by atoms with Gasteiger partial charge in [0.05, 0.1) is 0 Å². The minimum atomic E-state index is -0.725. The molecule has 0 aliphatic carbocycles. The minimum Gasteiger partial charge on any atom is -0.109 e. The average Bonchev–Trinajstić information content (AvgIpc) is 2.66. The van der Waals surface area contributed by atoms with Crippen molar-refractivity contribution in [1.29, 1.82) is 0 Å². The Morgan fingerprint density at radius 1 is 0.690 bits per heavy atom. The highest BCUT2D eigenvalue weighted by Gasteiger charge is 2.39. The Balaban J connectivity index is 0.000000166. The molecular weight excluding hydrogens is 386 g/mol. The van der Waals surface area contributed by atoms with Crippen LogP contribution in [-0.4, -0.2) is 42.3 Å². The Bertz CT molecular complexity index is 564. The van der Waals surface area contributed by atoms with E-state index >= 15 is 0 Å². The van der Waals surface area contributed by atoms with Crippen molar-refractivity contribution in [3.05, 3.63) is 0 Å². The smallest absolute Gasteiger partial charge is 0.0206 e. The van der Waals surface area contributed by atoms with Crippen LogP contribution in [0.1, 0.15) is 106 Å². The summed E-state index contributed by atoms with van der Waals surface area (Å²) in [7, 11) is 0.480. The second-order valence-electron chi connectivity index (χ2n) is 13.2. The fourth-order valence-corrected chi connectivity index (χ4v) is 14.1. The van der Waals surface area contributed by atoms with Crippen LogP contribution in [-0.2, 0) is 0 Å². The summed E-state index contributed by atoms with van der Waals surface area (Å²) in [4.78, 5) is 0. The zero-order chi connectivity index (χ0) is 21.3. The van der Waals surface area contributed by atoms with Crippen LogP contribution in [0.5, 0.6) is 0 Å². The second kappa shape index (κ2) is 9.70. The van der Waals surface area contributed by atoms with Crippen molar-refractivity contribution in [1.82, 2.24) is 0 Å². The monoisotopic (exact) mass is 438 g/mol. The quantitative estimate of drug-likeness (QED) is 0.331. The Hall–Kier alpha value is 0.730. The zero-order valence-corrected chi connectivity index (χ0v) is 22.6. The summed E-state index contributed by atoms with van der Waals surface area (Å²) in [5.41, 5.74) is 3.31. The van der Waals surface area contributed by atoms with Crippen LogP contribution in [0.3, 0.4) is 0 Å². The van der Waals surface area contributed by atoms with Gasteiger partial charge in [0, 0.05) is 0 Å². The first kappa shape index (κ1) is 24.4. The van der Waals surface area contributed by atoms with E-state index in [9.17, 15) is 0 Å². The lowest BCUT2D eigenvalue weighted by Gasteiger charge is -2.47. The lowest BCUT2D eigenvalue weighted by Crippen LogP contribution is -2.33. The van der Waals surface area contributed by atoms with Crippen molar-refractivity contribution < 1.29 is 0 Å². The molecule has 29 heavy (non-hydrogen) atoms. The number of rotatable bonds is 0. The maximum atomic E-state index is 4.68. The summed E-state index contributed by atoms with van der Waals surface area (Å²) < 4.78 is 0. The molecule has 4 fully saturated rings. The van der Waals surface area contributed by atoms with Crippen molar-refractivity contribution in [2.75, 3.05) is 24.6 Å². The van der Waals surface area contributed by atoms with Crippen LogP contribution < -0.4 is 0 Å². The van der Waals surface area contributed by atoms with E-state index in [1.807, 2.05) is 0 Å². The van der Waals surface area contributed by atoms with Gasteiger partial charge in [-0.3, -0.25) is 0 Å². The van der Waals surface area contributed by atoms with Gasteiger partial charge in [-0.1, -0.05) is 54.4 Å². The molecule has 0 bridgehead atoms. The average molecular weight is 439 g/mol. The number of fused-ring (bicyclic) bond motifs is 2. The Kier molecular flexibility index (Phi) is 8.15. The van der Waals surface area contributed by atoms with Gasteiger partial charge in [-0.25, -0.2) is 0 Å². The molecule has 0 saturated carbocycles. The molecule has 4 aliphatic rings. The minimum absolute atomic E-state index is 0.480. The molecule has 4 aliphatic heterocycles.